The molecule has 3 rings (SSSR count). The lowest BCUT2D eigenvalue weighted by molar-refractivity contribution is -0.117. The summed E-state index contributed by atoms with van der Waals surface area (Å²) in [5, 5.41) is 3.05. The van der Waals surface area contributed by atoms with Gasteiger partial charge in [0.2, 0.25) is 5.91 Å². The molecule has 152 valence electrons. The zero-order valence-corrected chi connectivity index (χ0v) is 17.5. The van der Waals surface area contributed by atoms with E-state index >= 15 is 0 Å². The van der Waals surface area contributed by atoms with Gasteiger partial charge in [0, 0.05) is 22.8 Å². The standard InChI is InChI=1S/C20H20ClN3O4S/c1-3-24(17-7-5-4-6-8-17)20(25)14(2)29(26,27)13-18-22-19(28-23-18)15-9-11-16(21)12-10-15/h4-12,14H,3,13H2,1-2H3. The Morgan fingerprint density at radius 3 is 2.41 bits per heavy atom. The predicted molar refractivity (Wildman–Crippen MR) is 111 cm³/mol. The normalized spacial score (nSPS) is 12.5. The second kappa shape index (κ2) is 8.75. The molecule has 0 aliphatic carbocycles. The number of rotatable bonds is 7. The summed E-state index contributed by atoms with van der Waals surface area (Å²) < 4.78 is 30.7. The molecule has 1 heterocycles. The van der Waals surface area contributed by atoms with Gasteiger partial charge in [-0.15, -0.1) is 0 Å². The number of hydrogen-bond acceptors (Lipinski definition) is 6. The number of halogens is 1. The first kappa shape index (κ1) is 21.0. The van der Waals surface area contributed by atoms with Crippen LogP contribution >= 0.6 is 11.6 Å². The van der Waals surface area contributed by atoms with Gasteiger partial charge in [-0.2, -0.15) is 4.98 Å². The molecule has 0 saturated carbocycles. The SMILES string of the molecule is CCN(C(=O)C(C)S(=O)(=O)Cc1noc(-c2ccc(Cl)cc2)n1)c1ccccc1. The highest BCUT2D eigenvalue weighted by atomic mass is 35.5. The van der Waals surface area contributed by atoms with Gasteiger partial charge < -0.3 is 9.42 Å². The van der Waals surface area contributed by atoms with Gasteiger partial charge in [-0.25, -0.2) is 8.42 Å². The van der Waals surface area contributed by atoms with E-state index in [9.17, 15) is 13.2 Å². The topological polar surface area (TPSA) is 93.4 Å². The molecule has 3 aromatic rings. The van der Waals surface area contributed by atoms with Gasteiger partial charge in [0.15, 0.2) is 15.7 Å². The number of aromatic nitrogens is 2. The molecule has 0 aliphatic rings. The summed E-state index contributed by atoms with van der Waals surface area (Å²) in [6.45, 7) is 3.52. The monoisotopic (exact) mass is 433 g/mol. The van der Waals surface area contributed by atoms with E-state index in [1.54, 1.807) is 55.5 Å². The van der Waals surface area contributed by atoms with Gasteiger partial charge in [-0.1, -0.05) is 35.0 Å². The van der Waals surface area contributed by atoms with Crippen LogP contribution in [0.3, 0.4) is 0 Å². The first-order valence-corrected chi connectivity index (χ1v) is 11.1. The average molecular weight is 434 g/mol. The van der Waals surface area contributed by atoms with Crippen LogP contribution in [0, 0.1) is 0 Å². The molecule has 29 heavy (non-hydrogen) atoms. The summed E-state index contributed by atoms with van der Waals surface area (Å²) in [6.07, 6.45) is 0. The third-order valence-corrected chi connectivity index (χ3v) is 6.62. The fourth-order valence-electron chi connectivity index (χ4n) is 2.77. The first-order valence-electron chi connectivity index (χ1n) is 8.98. The van der Waals surface area contributed by atoms with Crippen LogP contribution < -0.4 is 4.90 Å². The molecular weight excluding hydrogens is 414 g/mol. The molecule has 1 unspecified atom stereocenters. The summed E-state index contributed by atoms with van der Waals surface area (Å²) in [7, 11) is -3.85. The van der Waals surface area contributed by atoms with Gasteiger partial charge in [-0.3, -0.25) is 4.79 Å². The van der Waals surface area contributed by atoms with Crippen molar-refractivity contribution in [2.45, 2.75) is 24.9 Å². The number of para-hydroxylation sites is 1. The number of benzene rings is 2. The lowest BCUT2D eigenvalue weighted by Crippen LogP contribution is -2.42. The Hall–Kier alpha value is -2.71. The fraction of sp³-hybridized carbons (Fsp3) is 0.250. The maximum absolute atomic E-state index is 12.8. The Bertz CT molecular complexity index is 1080. The molecular formula is C20H20ClN3O4S. The number of hydrogen-bond donors (Lipinski definition) is 0. The summed E-state index contributed by atoms with van der Waals surface area (Å²) in [5.74, 6) is -0.814. The summed E-state index contributed by atoms with van der Waals surface area (Å²) in [4.78, 5) is 18.4. The number of anilines is 1. The van der Waals surface area contributed by atoms with Crippen molar-refractivity contribution in [3.8, 4) is 11.5 Å². The van der Waals surface area contributed by atoms with Gasteiger partial charge in [0.1, 0.15) is 11.0 Å². The van der Waals surface area contributed by atoms with Crippen molar-refractivity contribution < 1.29 is 17.7 Å². The smallest absolute Gasteiger partial charge is 0.257 e. The number of sulfone groups is 1. The molecule has 0 aliphatic heterocycles. The maximum atomic E-state index is 12.8. The Morgan fingerprint density at radius 2 is 1.79 bits per heavy atom. The Morgan fingerprint density at radius 1 is 1.14 bits per heavy atom. The van der Waals surface area contributed by atoms with Crippen molar-refractivity contribution in [3.05, 3.63) is 65.4 Å². The highest BCUT2D eigenvalue weighted by Gasteiger charge is 2.33. The third-order valence-electron chi connectivity index (χ3n) is 4.43. The van der Waals surface area contributed by atoms with Crippen LogP contribution in [0.4, 0.5) is 5.69 Å². The molecule has 0 N–H and O–H groups in total. The van der Waals surface area contributed by atoms with E-state index in [2.05, 4.69) is 10.1 Å². The van der Waals surface area contributed by atoms with Crippen molar-refractivity contribution in [3.63, 3.8) is 0 Å². The number of nitrogens with zero attached hydrogens (tertiary/aromatic N) is 3. The highest BCUT2D eigenvalue weighted by molar-refractivity contribution is 7.92. The molecule has 7 nitrogen and oxygen atoms in total. The maximum Gasteiger partial charge on any atom is 0.257 e. The first-order chi connectivity index (χ1) is 13.8. The second-order valence-corrected chi connectivity index (χ2v) is 9.15. The minimum absolute atomic E-state index is 0.00244. The van der Waals surface area contributed by atoms with Crippen molar-refractivity contribution in [2.75, 3.05) is 11.4 Å². The summed E-state index contributed by atoms with van der Waals surface area (Å²) in [5.41, 5.74) is 1.27. The molecule has 1 atom stereocenters. The summed E-state index contributed by atoms with van der Waals surface area (Å²) >= 11 is 5.86. The van der Waals surface area contributed by atoms with Crippen molar-refractivity contribution >= 4 is 33.0 Å². The van der Waals surface area contributed by atoms with Crippen molar-refractivity contribution in [2.24, 2.45) is 0 Å². The largest absolute Gasteiger partial charge is 0.334 e. The average Bonchev–Trinajstić information content (AvgIpc) is 3.17. The Balaban J connectivity index is 1.76. The van der Waals surface area contributed by atoms with E-state index in [4.69, 9.17) is 16.1 Å². The van der Waals surface area contributed by atoms with E-state index < -0.39 is 26.7 Å². The predicted octanol–water partition coefficient (Wildman–Crippen LogP) is 3.75. The zero-order valence-electron chi connectivity index (χ0n) is 15.9. The van der Waals surface area contributed by atoms with Gasteiger partial charge >= 0.3 is 0 Å². The van der Waals surface area contributed by atoms with Crippen LogP contribution in [0.15, 0.2) is 59.1 Å². The molecule has 1 aromatic heterocycles. The van der Waals surface area contributed by atoms with Gasteiger partial charge in [0.05, 0.1) is 0 Å². The Labute approximate surface area is 174 Å². The van der Waals surface area contributed by atoms with Crippen molar-refractivity contribution in [1.82, 2.24) is 10.1 Å². The van der Waals surface area contributed by atoms with Gasteiger partial charge in [-0.05, 0) is 50.2 Å². The minimum Gasteiger partial charge on any atom is -0.334 e. The molecule has 1 amide bonds. The quantitative estimate of drug-likeness (QED) is 0.563. The van der Waals surface area contributed by atoms with E-state index in [1.807, 2.05) is 6.07 Å². The zero-order chi connectivity index (χ0) is 21.0. The van der Waals surface area contributed by atoms with Crippen LogP contribution in [-0.4, -0.2) is 36.3 Å². The molecule has 2 aromatic carbocycles. The van der Waals surface area contributed by atoms with E-state index in [0.29, 0.717) is 22.8 Å². The second-order valence-electron chi connectivity index (χ2n) is 6.39. The molecule has 0 radical (unpaired) electrons. The fourth-order valence-corrected chi connectivity index (χ4v) is 4.06. The summed E-state index contributed by atoms with van der Waals surface area (Å²) in [6, 6.07) is 15.7. The number of carbonyl (C=O) groups excluding carboxylic acids is 1. The van der Waals surface area contributed by atoms with Crippen LogP contribution in [-0.2, 0) is 20.4 Å². The van der Waals surface area contributed by atoms with Gasteiger partial charge in [0.25, 0.3) is 5.89 Å². The third kappa shape index (κ3) is 4.83. The number of carbonyl (C=O) groups is 1. The molecule has 0 fully saturated rings. The van der Waals surface area contributed by atoms with Crippen LogP contribution in [0.2, 0.25) is 5.02 Å². The molecule has 9 heteroatoms. The lowest BCUT2D eigenvalue weighted by Gasteiger charge is -2.24. The van der Waals surface area contributed by atoms with Crippen molar-refractivity contribution in [1.29, 1.82) is 0 Å². The molecule has 0 saturated heterocycles. The minimum atomic E-state index is -3.85. The molecule has 0 bridgehead atoms. The Kier molecular flexibility index (Phi) is 6.34. The molecule has 0 spiro atoms. The lowest BCUT2D eigenvalue weighted by atomic mass is 10.2. The highest BCUT2D eigenvalue weighted by Crippen LogP contribution is 2.22. The van der Waals surface area contributed by atoms with Crippen LogP contribution in [0.1, 0.15) is 19.7 Å². The van der Waals surface area contributed by atoms with Crippen LogP contribution in [0.5, 0.6) is 0 Å². The number of amides is 1. The van der Waals surface area contributed by atoms with E-state index in [1.165, 1.54) is 11.8 Å². The van der Waals surface area contributed by atoms with Crippen LogP contribution in [0.25, 0.3) is 11.5 Å². The van der Waals surface area contributed by atoms with E-state index in [0.717, 1.165) is 0 Å². The van der Waals surface area contributed by atoms with E-state index in [-0.39, 0.29) is 11.7 Å².